The van der Waals surface area contributed by atoms with E-state index in [2.05, 4.69) is 9.97 Å². The Morgan fingerprint density at radius 1 is 0.838 bits per heavy atom. The van der Waals surface area contributed by atoms with Crippen molar-refractivity contribution in [1.29, 1.82) is 0 Å². The maximum Gasteiger partial charge on any atom is 0.252 e. The summed E-state index contributed by atoms with van der Waals surface area (Å²) in [5.41, 5.74) is 1.15. The van der Waals surface area contributed by atoms with Gasteiger partial charge in [0.2, 0.25) is 10.0 Å². The summed E-state index contributed by atoms with van der Waals surface area (Å²) in [4.78, 5) is 20.0. The first-order chi connectivity index (χ1) is 18.0. The number of benzene rings is 2. The lowest BCUT2D eigenvalue weighted by Crippen LogP contribution is -2.32. The van der Waals surface area contributed by atoms with Crippen molar-refractivity contribution < 1.29 is 27.4 Å². The highest BCUT2D eigenvalue weighted by molar-refractivity contribution is 7.89. The van der Waals surface area contributed by atoms with Crippen molar-refractivity contribution in [3.63, 3.8) is 0 Å². The van der Waals surface area contributed by atoms with Gasteiger partial charge in [-0.2, -0.15) is 4.31 Å². The standard InChI is InChI=1S/C26H23N3O7S/c30-26-19(10-18-11-23-25(13-21(18)28-26)36-9-8-34-23)16-29(15-17-2-1-5-27-14-17)37(31,32)20-3-4-22-24(12-20)35-7-6-33-22/h1-5,10-14H,6-9,15-16H2,(H,28,30). The summed E-state index contributed by atoms with van der Waals surface area (Å²) < 4.78 is 51.4. The summed E-state index contributed by atoms with van der Waals surface area (Å²) in [6.07, 6.45) is 3.21. The fourth-order valence-electron chi connectivity index (χ4n) is 4.35. The fourth-order valence-corrected chi connectivity index (χ4v) is 5.77. The van der Waals surface area contributed by atoms with Crippen LogP contribution in [0.5, 0.6) is 23.0 Å². The molecule has 37 heavy (non-hydrogen) atoms. The number of nitrogens with zero attached hydrogens (tertiary/aromatic N) is 2. The van der Waals surface area contributed by atoms with E-state index in [1.807, 2.05) is 0 Å². The Kier molecular flexibility index (Phi) is 5.93. The Bertz CT molecular complexity index is 1640. The van der Waals surface area contributed by atoms with Crippen molar-refractivity contribution in [3.05, 3.63) is 82.4 Å². The predicted molar refractivity (Wildman–Crippen MR) is 134 cm³/mol. The average molecular weight is 522 g/mol. The van der Waals surface area contributed by atoms with Gasteiger partial charge in [-0.1, -0.05) is 6.07 Å². The zero-order valence-corrected chi connectivity index (χ0v) is 20.5. The molecule has 2 aliphatic rings. The molecule has 4 heterocycles. The molecular formula is C26H23N3O7S. The lowest BCUT2D eigenvalue weighted by Gasteiger charge is -2.24. The molecule has 0 saturated carbocycles. The molecule has 6 rings (SSSR count). The number of aromatic amines is 1. The van der Waals surface area contributed by atoms with Crippen LogP contribution in [0.1, 0.15) is 11.1 Å². The second-order valence-corrected chi connectivity index (χ2v) is 10.6. The van der Waals surface area contributed by atoms with E-state index in [0.717, 1.165) is 0 Å². The highest BCUT2D eigenvalue weighted by Gasteiger charge is 2.28. The second-order valence-electron chi connectivity index (χ2n) is 8.65. The van der Waals surface area contributed by atoms with Crippen molar-refractivity contribution in [2.45, 2.75) is 18.0 Å². The molecule has 10 nitrogen and oxygen atoms in total. The first-order valence-electron chi connectivity index (χ1n) is 11.7. The van der Waals surface area contributed by atoms with E-state index in [4.69, 9.17) is 18.9 Å². The third kappa shape index (κ3) is 4.58. The maximum absolute atomic E-state index is 13.9. The maximum atomic E-state index is 13.9. The Balaban J connectivity index is 1.40. The zero-order chi connectivity index (χ0) is 25.4. The second kappa shape index (κ2) is 9.41. The molecule has 0 saturated heterocycles. The summed E-state index contributed by atoms with van der Waals surface area (Å²) in [6.45, 7) is 1.45. The molecule has 0 aliphatic carbocycles. The first-order valence-corrected chi connectivity index (χ1v) is 13.2. The molecule has 190 valence electrons. The highest BCUT2D eigenvalue weighted by Crippen LogP contribution is 2.35. The van der Waals surface area contributed by atoms with Gasteiger partial charge in [0.1, 0.15) is 26.4 Å². The van der Waals surface area contributed by atoms with Gasteiger partial charge in [-0.05, 0) is 35.9 Å². The molecule has 2 aromatic heterocycles. The van der Waals surface area contributed by atoms with Gasteiger partial charge >= 0.3 is 0 Å². The fraction of sp³-hybridized carbons (Fsp3) is 0.231. The number of aromatic nitrogens is 2. The SMILES string of the molecule is O=c1[nH]c2cc3c(cc2cc1CN(Cc1cccnc1)S(=O)(=O)c1ccc2c(c1)OCCO2)OCCO3. The molecule has 0 unspecified atom stereocenters. The largest absolute Gasteiger partial charge is 0.486 e. The van der Waals surface area contributed by atoms with E-state index in [9.17, 15) is 13.2 Å². The first kappa shape index (κ1) is 23.3. The molecular weight excluding hydrogens is 498 g/mol. The summed E-state index contributed by atoms with van der Waals surface area (Å²) in [5, 5.41) is 0.705. The van der Waals surface area contributed by atoms with Gasteiger partial charge < -0.3 is 23.9 Å². The smallest absolute Gasteiger partial charge is 0.252 e. The molecule has 0 bridgehead atoms. The van der Waals surface area contributed by atoms with Crippen LogP contribution in [-0.4, -0.2) is 49.1 Å². The molecule has 11 heteroatoms. The van der Waals surface area contributed by atoms with Gasteiger partial charge in [-0.15, -0.1) is 0 Å². The van der Waals surface area contributed by atoms with Gasteiger partial charge in [0, 0.05) is 48.6 Å². The number of sulfonamides is 1. The Morgan fingerprint density at radius 3 is 2.27 bits per heavy atom. The average Bonchev–Trinajstić information content (AvgIpc) is 2.92. The predicted octanol–water partition coefficient (Wildman–Crippen LogP) is 2.86. The quantitative estimate of drug-likeness (QED) is 0.411. The van der Waals surface area contributed by atoms with Crippen molar-refractivity contribution in [2.75, 3.05) is 26.4 Å². The number of hydrogen-bond acceptors (Lipinski definition) is 8. The van der Waals surface area contributed by atoms with Crippen molar-refractivity contribution >= 4 is 20.9 Å². The minimum Gasteiger partial charge on any atom is -0.486 e. The summed E-state index contributed by atoms with van der Waals surface area (Å²) in [5.74, 6) is 1.99. The van der Waals surface area contributed by atoms with Gasteiger partial charge in [-0.3, -0.25) is 9.78 Å². The Labute approximate surface area is 212 Å². The topological polar surface area (TPSA) is 120 Å². The van der Waals surface area contributed by atoms with E-state index in [1.165, 1.54) is 16.4 Å². The summed E-state index contributed by atoms with van der Waals surface area (Å²) in [6, 6.07) is 13.2. The molecule has 1 N–H and O–H groups in total. The van der Waals surface area contributed by atoms with Gasteiger partial charge in [0.25, 0.3) is 5.56 Å². The number of rotatable bonds is 6. The van der Waals surface area contributed by atoms with E-state index in [0.29, 0.717) is 65.9 Å². The van der Waals surface area contributed by atoms with Gasteiger partial charge in [0.15, 0.2) is 23.0 Å². The molecule has 4 aromatic rings. The number of H-pyrrole nitrogens is 1. The Hall–Kier alpha value is -4.09. The lowest BCUT2D eigenvalue weighted by molar-refractivity contribution is 0.171. The van der Waals surface area contributed by atoms with E-state index in [1.54, 1.807) is 48.8 Å². The van der Waals surface area contributed by atoms with Crippen LogP contribution in [-0.2, 0) is 23.1 Å². The van der Waals surface area contributed by atoms with Crippen LogP contribution in [0.2, 0.25) is 0 Å². The van der Waals surface area contributed by atoms with E-state index < -0.39 is 15.6 Å². The van der Waals surface area contributed by atoms with Crippen LogP contribution < -0.4 is 24.5 Å². The molecule has 2 aliphatic heterocycles. The van der Waals surface area contributed by atoms with Crippen LogP contribution >= 0.6 is 0 Å². The molecule has 0 fully saturated rings. The molecule has 2 aromatic carbocycles. The monoisotopic (exact) mass is 521 g/mol. The lowest BCUT2D eigenvalue weighted by atomic mass is 10.1. The third-order valence-electron chi connectivity index (χ3n) is 6.16. The zero-order valence-electron chi connectivity index (χ0n) is 19.7. The van der Waals surface area contributed by atoms with Crippen LogP contribution in [0, 0.1) is 0 Å². The van der Waals surface area contributed by atoms with Crippen LogP contribution in [0.15, 0.2) is 70.6 Å². The van der Waals surface area contributed by atoms with E-state index in [-0.39, 0.29) is 23.5 Å². The molecule has 0 radical (unpaired) electrons. The third-order valence-corrected chi connectivity index (χ3v) is 7.95. The van der Waals surface area contributed by atoms with Crippen LogP contribution in [0.4, 0.5) is 0 Å². The van der Waals surface area contributed by atoms with Crippen molar-refractivity contribution in [3.8, 4) is 23.0 Å². The van der Waals surface area contributed by atoms with Crippen molar-refractivity contribution in [2.24, 2.45) is 0 Å². The number of hydrogen-bond donors (Lipinski definition) is 1. The van der Waals surface area contributed by atoms with Crippen LogP contribution in [0.25, 0.3) is 10.9 Å². The molecule has 0 amide bonds. The number of ether oxygens (including phenoxy) is 4. The van der Waals surface area contributed by atoms with Crippen molar-refractivity contribution in [1.82, 2.24) is 14.3 Å². The van der Waals surface area contributed by atoms with Crippen LogP contribution in [0.3, 0.4) is 0 Å². The van der Waals surface area contributed by atoms with E-state index >= 15 is 0 Å². The normalized spacial score (nSPS) is 14.6. The molecule has 0 atom stereocenters. The summed E-state index contributed by atoms with van der Waals surface area (Å²) >= 11 is 0. The minimum atomic E-state index is -4.04. The minimum absolute atomic E-state index is 0.0171. The number of fused-ring (bicyclic) bond motifs is 3. The molecule has 0 spiro atoms. The van der Waals surface area contributed by atoms with Gasteiger partial charge in [-0.25, -0.2) is 8.42 Å². The number of pyridine rings is 2. The number of nitrogens with one attached hydrogen (secondary N) is 1. The summed E-state index contributed by atoms with van der Waals surface area (Å²) in [7, 11) is -4.04. The highest BCUT2D eigenvalue weighted by atomic mass is 32.2. The van der Waals surface area contributed by atoms with Gasteiger partial charge in [0.05, 0.1) is 10.4 Å². The Morgan fingerprint density at radius 2 is 1.54 bits per heavy atom.